The molecule has 0 radical (unpaired) electrons. The molecule has 1 amide bonds. The Bertz CT molecular complexity index is 965. The van der Waals surface area contributed by atoms with Crippen molar-refractivity contribution in [3.05, 3.63) is 75.8 Å². The quantitative estimate of drug-likeness (QED) is 0.744. The molecule has 6 nitrogen and oxygen atoms in total. The van der Waals surface area contributed by atoms with Crippen LogP contribution in [0.4, 0.5) is 0 Å². The molecule has 0 atom stereocenters. The fourth-order valence-corrected chi connectivity index (χ4v) is 2.75. The average Bonchev–Trinajstić information content (AvgIpc) is 2.61. The smallest absolute Gasteiger partial charge is 0.274 e. The Morgan fingerprint density at radius 3 is 2.84 bits per heavy atom. The lowest BCUT2D eigenvalue weighted by Gasteiger charge is -2.21. The number of amides is 1. The Labute approximate surface area is 144 Å². The molecular formula is C19H19N3O3. The number of H-pyrrole nitrogens is 1. The van der Waals surface area contributed by atoms with Crippen LogP contribution in [0.25, 0.3) is 10.9 Å². The summed E-state index contributed by atoms with van der Waals surface area (Å²) in [6.07, 6.45) is 1.55. The molecule has 6 heteroatoms. The van der Waals surface area contributed by atoms with E-state index in [0.29, 0.717) is 11.9 Å². The summed E-state index contributed by atoms with van der Waals surface area (Å²) in [5, 5.41) is 9.99. The van der Waals surface area contributed by atoms with E-state index in [2.05, 4.69) is 9.97 Å². The first kappa shape index (κ1) is 16.9. The number of aryl methyl sites for hydroxylation is 1. The number of hydrogen-bond acceptors (Lipinski definition) is 4. The summed E-state index contributed by atoms with van der Waals surface area (Å²) in [6.45, 7) is 2.40. The highest BCUT2D eigenvalue weighted by Gasteiger charge is 2.18. The van der Waals surface area contributed by atoms with Crippen molar-refractivity contribution in [3.8, 4) is 0 Å². The summed E-state index contributed by atoms with van der Waals surface area (Å²) in [5.74, 6) is -0.319. The number of hydrogen-bond donors (Lipinski definition) is 2. The number of rotatable bonds is 5. The molecule has 3 aromatic rings. The van der Waals surface area contributed by atoms with Crippen LogP contribution in [0.2, 0.25) is 0 Å². The maximum absolute atomic E-state index is 12.8. The Kier molecular flexibility index (Phi) is 4.90. The van der Waals surface area contributed by atoms with Gasteiger partial charge in [-0.3, -0.25) is 9.59 Å². The molecule has 0 aliphatic heterocycles. The summed E-state index contributed by atoms with van der Waals surface area (Å²) >= 11 is 0. The van der Waals surface area contributed by atoms with Crippen LogP contribution in [0, 0.1) is 6.92 Å². The van der Waals surface area contributed by atoms with Gasteiger partial charge in [-0.2, -0.15) is 0 Å². The number of pyridine rings is 2. The highest BCUT2D eigenvalue weighted by Crippen LogP contribution is 2.13. The van der Waals surface area contributed by atoms with Crippen molar-refractivity contribution in [1.29, 1.82) is 0 Å². The van der Waals surface area contributed by atoms with E-state index in [0.717, 1.165) is 11.1 Å². The molecule has 3 rings (SSSR count). The Hall–Kier alpha value is -2.99. The van der Waals surface area contributed by atoms with Crippen molar-refractivity contribution >= 4 is 16.8 Å². The Morgan fingerprint density at radius 2 is 2.08 bits per heavy atom. The van der Waals surface area contributed by atoms with Gasteiger partial charge in [0.1, 0.15) is 11.2 Å². The molecule has 0 spiro atoms. The van der Waals surface area contributed by atoms with Crippen LogP contribution in [0.1, 0.15) is 21.6 Å². The Balaban J connectivity index is 1.92. The van der Waals surface area contributed by atoms with Gasteiger partial charge in [0.25, 0.3) is 11.5 Å². The second-order valence-electron chi connectivity index (χ2n) is 5.88. The van der Waals surface area contributed by atoms with Crippen molar-refractivity contribution in [1.82, 2.24) is 14.9 Å². The van der Waals surface area contributed by atoms with Gasteiger partial charge >= 0.3 is 0 Å². The molecule has 0 aliphatic carbocycles. The molecule has 25 heavy (non-hydrogen) atoms. The van der Waals surface area contributed by atoms with E-state index in [1.807, 2.05) is 31.2 Å². The average molecular weight is 337 g/mol. The lowest BCUT2D eigenvalue weighted by molar-refractivity contribution is 0.0702. The van der Waals surface area contributed by atoms with Gasteiger partial charge in [0.15, 0.2) is 0 Å². The molecule has 1 aromatic carbocycles. The highest BCUT2D eigenvalue weighted by molar-refractivity contribution is 5.94. The number of benzene rings is 1. The Morgan fingerprint density at radius 1 is 1.24 bits per heavy atom. The lowest BCUT2D eigenvalue weighted by atomic mass is 10.1. The van der Waals surface area contributed by atoms with Crippen LogP contribution in [0.3, 0.4) is 0 Å². The van der Waals surface area contributed by atoms with Gasteiger partial charge in [0.2, 0.25) is 0 Å². The summed E-state index contributed by atoms with van der Waals surface area (Å²) in [6, 6.07) is 12.9. The van der Waals surface area contributed by atoms with Crippen molar-refractivity contribution in [2.45, 2.75) is 13.5 Å². The fraction of sp³-hybridized carbons (Fsp3) is 0.211. The monoisotopic (exact) mass is 337 g/mol. The zero-order chi connectivity index (χ0) is 17.8. The molecule has 2 aromatic heterocycles. The molecule has 0 saturated carbocycles. The number of carbonyl (C=O) groups excluding carboxylic acids is 1. The molecule has 128 valence electrons. The molecule has 0 unspecified atom stereocenters. The molecule has 2 heterocycles. The molecule has 0 saturated heterocycles. The second-order valence-corrected chi connectivity index (χ2v) is 5.88. The minimum absolute atomic E-state index is 0.147. The van der Waals surface area contributed by atoms with E-state index in [4.69, 9.17) is 0 Å². The maximum Gasteiger partial charge on any atom is 0.274 e. The third-order valence-electron chi connectivity index (χ3n) is 3.95. The molecule has 2 N–H and O–H groups in total. The van der Waals surface area contributed by atoms with Crippen molar-refractivity contribution in [2.75, 3.05) is 13.2 Å². The third-order valence-corrected chi connectivity index (χ3v) is 3.95. The number of aromatic nitrogens is 2. The number of aliphatic hydroxyl groups is 1. The van der Waals surface area contributed by atoms with E-state index < -0.39 is 0 Å². The number of nitrogens with zero attached hydrogens (tertiary/aromatic N) is 2. The van der Waals surface area contributed by atoms with E-state index in [1.165, 1.54) is 4.90 Å². The fourth-order valence-electron chi connectivity index (χ4n) is 2.75. The standard InChI is InChI=1S/C19H19N3O3/c1-13-3-2-4-14(11-13)12-22(9-10-23)19(25)16-6-5-15-7-8-20-18(24)17(15)21-16/h2-8,11,23H,9-10,12H2,1H3,(H,20,24). The van der Waals surface area contributed by atoms with Crippen LogP contribution >= 0.6 is 0 Å². The third kappa shape index (κ3) is 3.75. The molecular weight excluding hydrogens is 318 g/mol. The minimum Gasteiger partial charge on any atom is -0.395 e. The zero-order valence-electron chi connectivity index (χ0n) is 13.9. The van der Waals surface area contributed by atoms with Gasteiger partial charge in [-0.05, 0) is 24.6 Å². The largest absolute Gasteiger partial charge is 0.395 e. The van der Waals surface area contributed by atoms with E-state index in [1.54, 1.807) is 24.4 Å². The summed E-state index contributed by atoms with van der Waals surface area (Å²) in [7, 11) is 0. The molecule has 0 fully saturated rings. The van der Waals surface area contributed by atoms with Gasteiger partial charge in [-0.1, -0.05) is 35.9 Å². The van der Waals surface area contributed by atoms with Gasteiger partial charge in [-0.15, -0.1) is 0 Å². The van der Waals surface area contributed by atoms with Gasteiger partial charge in [0.05, 0.1) is 6.61 Å². The van der Waals surface area contributed by atoms with Crippen molar-refractivity contribution < 1.29 is 9.90 Å². The van der Waals surface area contributed by atoms with E-state index in [9.17, 15) is 14.7 Å². The highest BCUT2D eigenvalue weighted by atomic mass is 16.3. The SMILES string of the molecule is Cc1cccc(CN(CCO)C(=O)c2ccc3cc[nH]c(=O)c3n2)c1. The first-order chi connectivity index (χ1) is 12.1. The summed E-state index contributed by atoms with van der Waals surface area (Å²) in [5.41, 5.74) is 2.15. The minimum atomic E-state index is -0.334. The lowest BCUT2D eigenvalue weighted by Crippen LogP contribution is -2.33. The van der Waals surface area contributed by atoms with E-state index in [-0.39, 0.29) is 35.8 Å². The predicted octanol–water partition coefficient (Wildman–Crippen LogP) is 1.87. The van der Waals surface area contributed by atoms with Crippen LogP contribution in [0.5, 0.6) is 0 Å². The van der Waals surface area contributed by atoms with Gasteiger partial charge < -0.3 is 15.0 Å². The van der Waals surface area contributed by atoms with Gasteiger partial charge in [0, 0.05) is 24.7 Å². The predicted molar refractivity (Wildman–Crippen MR) is 95.4 cm³/mol. The molecule has 0 bridgehead atoms. The van der Waals surface area contributed by atoms with Crippen LogP contribution in [-0.2, 0) is 6.54 Å². The zero-order valence-corrected chi connectivity index (χ0v) is 13.9. The van der Waals surface area contributed by atoms with Crippen molar-refractivity contribution in [3.63, 3.8) is 0 Å². The first-order valence-electron chi connectivity index (χ1n) is 8.02. The maximum atomic E-state index is 12.8. The normalized spacial score (nSPS) is 10.8. The second kappa shape index (κ2) is 7.27. The van der Waals surface area contributed by atoms with Gasteiger partial charge in [-0.25, -0.2) is 4.98 Å². The van der Waals surface area contributed by atoms with Crippen molar-refractivity contribution in [2.24, 2.45) is 0 Å². The number of aliphatic hydroxyl groups excluding tert-OH is 1. The van der Waals surface area contributed by atoms with Crippen LogP contribution < -0.4 is 5.56 Å². The number of nitrogens with one attached hydrogen (secondary N) is 1. The first-order valence-corrected chi connectivity index (χ1v) is 8.02. The number of aromatic amines is 1. The molecule has 0 aliphatic rings. The van der Waals surface area contributed by atoms with E-state index >= 15 is 0 Å². The topological polar surface area (TPSA) is 86.3 Å². The van der Waals surface area contributed by atoms with Crippen LogP contribution in [0.15, 0.2) is 53.5 Å². The number of fused-ring (bicyclic) bond motifs is 1. The summed E-state index contributed by atoms with van der Waals surface area (Å²) < 4.78 is 0. The summed E-state index contributed by atoms with van der Waals surface area (Å²) in [4.78, 5) is 33.0. The number of carbonyl (C=O) groups is 1. The van der Waals surface area contributed by atoms with Crippen LogP contribution in [-0.4, -0.2) is 39.0 Å².